The summed E-state index contributed by atoms with van der Waals surface area (Å²) in [5.41, 5.74) is 5.75. The fraction of sp³-hybridized carbons (Fsp3) is 0.765. The van der Waals surface area contributed by atoms with Crippen molar-refractivity contribution in [3.8, 4) is 0 Å². The number of carboxylic acid groups (broad SMARTS) is 1. The Kier molecular flexibility index (Phi) is 11.1. The third-order valence-corrected chi connectivity index (χ3v) is 4.49. The third-order valence-electron chi connectivity index (χ3n) is 4.13. The number of thiol groups is 1. The van der Waals surface area contributed by atoms with Crippen LogP contribution in [0.15, 0.2) is 0 Å². The molecule has 7 N–H and O–H groups in total. The fourth-order valence-electron chi connectivity index (χ4n) is 2.18. The first-order valence-electron chi connectivity index (χ1n) is 9.01. The Morgan fingerprint density at radius 2 is 1.32 bits per heavy atom. The van der Waals surface area contributed by atoms with Gasteiger partial charge in [-0.1, -0.05) is 27.7 Å². The number of carboxylic acids is 1. The third kappa shape index (κ3) is 8.03. The summed E-state index contributed by atoms with van der Waals surface area (Å²) in [7, 11) is 0. The topological polar surface area (TPSA) is 171 Å². The minimum atomic E-state index is -1.33. The fourth-order valence-corrected chi connectivity index (χ4v) is 2.43. The van der Waals surface area contributed by atoms with Gasteiger partial charge in [0, 0.05) is 5.75 Å². The molecule has 162 valence electrons. The van der Waals surface area contributed by atoms with E-state index in [1.54, 1.807) is 27.7 Å². The second-order valence-electron chi connectivity index (χ2n) is 7.31. The average molecular weight is 421 g/mol. The predicted molar refractivity (Wildman–Crippen MR) is 107 cm³/mol. The number of rotatable bonds is 11. The van der Waals surface area contributed by atoms with Crippen molar-refractivity contribution >= 4 is 36.3 Å². The van der Waals surface area contributed by atoms with E-state index in [4.69, 9.17) is 10.8 Å². The molecule has 0 radical (unpaired) electrons. The number of nitrogens with two attached hydrogens (primary N) is 1. The van der Waals surface area contributed by atoms with E-state index < -0.39 is 54.0 Å². The highest BCUT2D eigenvalue weighted by Gasteiger charge is 2.33. The summed E-state index contributed by atoms with van der Waals surface area (Å²) in [4.78, 5) is 48.2. The van der Waals surface area contributed by atoms with Gasteiger partial charge in [-0.25, -0.2) is 4.79 Å². The van der Waals surface area contributed by atoms with Crippen LogP contribution in [0, 0.1) is 11.8 Å². The van der Waals surface area contributed by atoms with E-state index >= 15 is 0 Å². The molecule has 11 heteroatoms. The first-order chi connectivity index (χ1) is 12.8. The van der Waals surface area contributed by atoms with E-state index in [0.29, 0.717) is 0 Å². The number of carbonyl (C=O) groups excluding carboxylic acids is 3. The standard InChI is InChI=1S/C17H32N4O6S/c1-7(2)11(18)14(23)21-13(9(5)22)16(25)20-12(8(3)4)15(24)19-10(6-28)17(26)27/h7-13,22,28H,6,18H2,1-5H3,(H,19,24)(H,20,25)(H,21,23)(H,26,27). The Labute approximate surface area is 170 Å². The van der Waals surface area contributed by atoms with Gasteiger partial charge in [-0.05, 0) is 18.8 Å². The van der Waals surface area contributed by atoms with Gasteiger partial charge in [0.05, 0.1) is 12.1 Å². The van der Waals surface area contributed by atoms with E-state index in [1.165, 1.54) is 6.92 Å². The van der Waals surface area contributed by atoms with Crippen molar-refractivity contribution in [2.45, 2.75) is 64.9 Å². The summed E-state index contributed by atoms with van der Waals surface area (Å²) >= 11 is 3.88. The lowest BCUT2D eigenvalue weighted by Gasteiger charge is -2.28. The summed E-state index contributed by atoms with van der Waals surface area (Å²) in [6.45, 7) is 8.11. The molecule has 0 spiro atoms. The van der Waals surface area contributed by atoms with Crippen LogP contribution in [0.1, 0.15) is 34.6 Å². The minimum absolute atomic E-state index is 0.126. The zero-order valence-corrected chi connectivity index (χ0v) is 17.7. The number of aliphatic carboxylic acids is 1. The number of nitrogens with one attached hydrogen (secondary N) is 3. The summed E-state index contributed by atoms with van der Waals surface area (Å²) in [6, 6.07) is -4.49. The zero-order chi connectivity index (χ0) is 22.2. The highest BCUT2D eigenvalue weighted by atomic mass is 32.1. The quantitative estimate of drug-likeness (QED) is 0.199. The molecule has 3 amide bonds. The molecule has 0 aromatic heterocycles. The summed E-state index contributed by atoms with van der Waals surface area (Å²) in [5, 5.41) is 26.1. The molecular formula is C17H32N4O6S. The van der Waals surface area contributed by atoms with Gasteiger partial charge in [-0.3, -0.25) is 14.4 Å². The molecule has 0 aromatic carbocycles. The van der Waals surface area contributed by atoms with Crippen LogP contribution in [0.2, 0.25) is 0 Å². The van der Waals surface area contributed by atoms with Crippen LogP contribution in [0.4, 0.5) is 0 Å². The number of hydrogen-bond acceptors (Lipinski definition) is 7. The zero-order valence-electron chi connectivity index (χ0n) is 16.8. The van der Waals surface area contributed by atoms with Gasteiger partial charge in [0.25, 0.3) is 0 Å². The lowest BCUT2D eigenvalue weighted by atomic mass is 10.0. The maximum atomic E-state index is 12.6. The predicted octanol–water partition coefficient (Wildman–Crippen LogP) is -1.52. The van der Waals surface area contributed by atoms with E-state index in [-0.39, 0.29) is 17.6 Å². The maximum absolute atomic E-state index is 12.6. The van der Waals surface area contributed by atoms with Gasteiger partial charge >= 0.3 is 5.97 Å². The Balaban J connectivity index is 5.29. The normalized spacial score (nSPS) is 16.6. The first-order valence-corrected chi connectivity index (χ1v) is 9.65. The molecule has 0 aliphatic carbocycles. The lowest BCUT2D eigenvalue weighted by molar-refractivity contribution is -0.142. The van der Waals surface area contributed by atoms with Crippen molar-refractivity contribution in [1.82, 2.24) is 16.0 Å². The highest BCUT2D eigenvalue weighted by molar-refractivity contribution is 7.80. The van der Waals surface area contributed by atoms with Crippen LogP contribution < -0.4 is 21.7 Å². The van der Waals surface area contributed by atoms with E-state index in [0.717, 1.165) is 0 Å². The Bertz CT molecular complexity index is 570. The molecule has 0 aromatic rings. The monoisotopic (exact) mass is 420 g/mol. The summed E-state index contributed by atoms with van der Waals surface area (Å²) < 4.78 is 0. The largest absolute Gasteiger partial charge is 0.480 e. The smallest absolute Gasteiger partial charge is 0.327 e. The van der Waals surface area contributed by atoms with Crippen LogP contribution in [0.5, 0.6) is 0 Å². The minimum Gasteiger partial charge on any atom is -0.480 e. The Morgan fingerprint density at radius 1 is 0.857 bits per heavy atom. The number of aliphatic hydroxyl groups excluding tert-OH is 1. The highest BCUT2D eigenvalue weighted by Crippen LogP contribution is 2.06. The van der Waals surface area contributed by atoms with Crippen molar-refractivity contribution in [3.63, 3.8) is 0 Å². The summed E-state index contributed by atoms with van der Waals surface area (Å²) in [5.74, 6) is -4.05. The van der Waals surface area contributed by atoms with Crippen LogP contribution in [-0.2, 0) is 19.2 Å². The van der Waals surface area contributed by atoms with Crippen molar-refractivity contribution in [2.75, 3.05) is 5.75 Å². The number of carbonyl (C=O) groups is 4. The molecule has 0 saturated carbocycles. The molecule has 10 nitrogen and oxygen atoms in total. The second-order valence-corrected chi connectivity index (χ2v) is 7.67. The molecule has 0 aliphatic heterocycles. The number of hydrogen-bond donors (Lipinski definition) is 7. The summed E-state index contributed by atoms with van der Waals surface area (Å²) in [6.07, 6.45) is -1.25. The molecule has 0 aliphatic rings. The van der Waals surface area contributed by atoms with Crippen molar-refractivity contribution in [1.29, 1.82) is 0 Å². The van der Waals surface area contributed by atoms with Gasteiger partial charge < -0.3 is 31.9 Å². The Morgan fingerprint density at radius 3 is 1.68 bits per heavy atom. The molecule has 0 heterocycles. The van der Waals surface area contributed by atoms with Gasteiger partial charge in [-0.2, -0.15) is 12.6 Å². The van der Waals surface area contributed by atoms with Crippen molar-refractivity contribution in [2.24, 2.45) is 17.6 Å². The SMILES string of the molecule is CC(C)C(N)C(=O)NC(C(=O)NC(C(=O)NC(CS)C(=O)O)C(C)C)C(C)O. The maximum Gasteiger partial charge on any atom is 0.327 e. The number of aliphatic hydroxyl groups is 1. The van der Waals surface area contributed by atoms with Gasteiger partial charge in [0.2, 0.25) is 17.7 Å². The van der Waals surface area contributed by atoms with E-state index in [1.807, 2.05) is 0 Å². The van der Waals surface area contributed by atoms with Crippen molar-refractivity contribution < 1.29 is 29.4 Å². The molecule has 0 saturated heterocycles. The van der Waals surface area contributed by atoms with Gasteiger partial charge in [0.15, 0.2) is 0 Å². The first kappa shape index (κ1) is 26.1. The second kappa shape index (κ2) is 11.9. The molecular weight excluding hydrogens is 388 g/mol. The molecule has 5 atom stereocenters. The lowest BCUT2D eigenvalue weighted by Crippen LogP contribution is -2.61. The molecule has 0 rings (SSSR count). The van der Waals surface area contributed by atoms with Crippen LogP contribution in [0.3, 0.4) is 0 Å². The van der Waals surface area contributed by atoms with E-state index in [2.05, 4.69) is 28.6 Å². The van der Waals surface area contributed by atoms with Crippen LogP contribution in [0.25, 0.3) is 0 Å². The molecule has 28 heavy (non-hydrogen) atoms. The van der Waals surface area contributed by atoms with Crippen molar-refractivity contribution in [3.05, 3.63) is 0 Å². The molecule has 0 bridgehead atoms. The number of amides is 3. The van der Waals surface area contributed by atoms with Crippen LogP contribution in [-0.4, -0.2) is 69.9 Å². The molecule has 5 unspecified atom stereocenters. The van der Waals surface area contributed by atoms with Gasteiger partial charge in [-0.15, -0.1) is 0 Å². The van der Waals surface area contributed by atoms with Crippen LogP contribution >= 0.6 is 12.6 Å². The van der Waals surface area contributed by atoms with E-state index in [9.17, 15) is 24.3 Å². The average Bonchev–Trinajstić information content (AvgIpc) is 2.59. The Hall–Kier alpha value is -1.85. The molecule has 0 fully saturated rings. The van der Waals surface area contributed by atoms with Gasteiger partial charge in [0.1, 0.15) is 18.1 Å².